The maximum atomic E-state index is 9.70. The van der Waals surface area contributed by atoms with Crippen molar-refractivity contribution in [3.8, 4) is 0 Å². The molecule has 396 valence electrons. The van der Waals surface area contributed by atoms with E-state index >= 15 is 0 Å². The molecule has 0 N–H and O–H groups in total. The van der Waals surface area contributed by atoms with E-state index in [1.807, 2.05) is 182 Å². The van der Waals surface area contributed by atoms with Crippen LogP contribution in [0.1, 0.15) is 78.8 Å². The van der Waals surface area contributed by atoms with Crippen molar-refractivity contribution in [3.63, 3.8) is 0 Å². The molecule has 6 aromatic carbocycles. The molecular formula is C62H73N3O10. The van der Waals surface area contributed by atoms with Gasteiger partial charge in [-0.05, 0) is 45.3 Å². The van der Waals surface area contributed by atoms with Gasteiger partial charge in [0.25, 0.3) is 0 Å². The van der Waals surface area contributed by atoms with Gasteiger partial charge in [0.1, 0.15) is 42.7 Å². The van der Waals surface area contributed by atoms with Crippen molar-refractivity contribution in [2.24, 2.45) is 5.11 Å². The number of nitrogens with zero attached hydrogens (tertiary/aromatic N) is 3. The first kappa shape index (κ1) is 55.5. The smallest absolute Gasteiger partial charge is 0.186 e. The molecule has 8 rings (SSSR count). The van der Waals surface area contributed by atoms with E-state index in [2.05, 4.69) is 16.9 Å². The number of benzene rings is 6. The van der Waals surface area contributed by atoms with E-state index in [-0.39, 0.29) is 46.2 Å². The summed E-state index contributed by atoms with van der Waals surface area (Å²) >= 11 is 0. The topological polar surface area (TPSA) is 141 Å². The highest BCUT2D eigenvalue weighted by molar-refractivity contribution is 5.18. The Morgan fingerprint density at radius 3 is 1.08 bits per heavy atom. The van der Waals surface area contributed by atoms with Crippen molar-refractivity contribution in [1.29, 1.82) is 0 Å². The lowest BCUT2D eigenvalue weighted by Gasteiger charge is -2.48. The lowest BCUT2D eigenvalue weighted by atomic mass is 9.96. The summed E-state index contributed by atoms with van der Waals surface area (Å²) < 4.78 is 69.4. The van der Waals surface area contributed by atoms with Crippen LogP contribution in [0.2, 0.25) is 0 Å². The molecule has 0 radical (unpaired) electrons. The first-order valence-corrected chi connectivity index (χ1v) is 26.6. The van der Waals surface area contributed by atoms with Crippen LogP contribution >= 0.6 is 0 Å². The number of hydrogen-bond acceptors (Lipinski definition) is 11. The quantitative estimate of drug-likeness (QED) is 0.0179. The minimum atomic E-state index is -1.07. The van der Waals surface area contributed by atoms with Gasteiger partial charge >= 0.3 is 0 Å². The van der Waals surface area contributed by atoms with Crippen molar-refractivity contribution < 1.29 is 47.4 Å². The van der Waals surface area contributed by atoms with Crippen molar-refractivity contribution >= 4 is 0 Å². The molecule has 0 aromatic heterocycles. The minimum absolute atomic E-state index is 0.0437. The molecule has 0 bridgehead atoms. The third-order valence-corrected chi connectivity index (χ3v) is 13.4. The van der Waals surface area contributed by atoms with Crippen LogP contribution in [-0.2, 0) is 87.0 Å². The Morgan fingerprint density at radius 2 is 0.693 bits per heavy atom. The summed E-state index contributed by atoms with van der Waals surface area (Å²) in [4.78, 5) is 3.14. The lowest BCUT2D eigenvalue weighted by molar-refractivity contribution is -0.350. The zero-order valence-corrected chi connectivity index (χ0v) is 43.1. The molecule has 0 spiro atoms. The monoisotopic (exact) mass is 1020 g/mol. The fourth-order valence-corrected chi connectivity index (χ4v) is 9.43. The maximum absolute atomic E-state index is 9.70. The van der Waals surface area contributed by atoms with Gasteiger partial charge in [-0.15, -0.1) is 0 Å². The van der Waals surface area contributed by atoms with E-state index < -0.39 is 61.4 Å². The Labute approximate surface area is 442 Å². The summed E-state index contributed by atoms with van der Waals surface area (Å²) in [6.07, 6.45) is -1.37. The van der Waals surface area contributed by atoms with Crippen LogP contribution in [-0.4, -0.2) is 81.2 Å². The van der Waals surface area contributed by atoms with Gasteiger partial charge in [-0.2, -0.15) is 0 Å². The Hall–Kier alpha value is -5.77. The van der Waals surface area contributed by atoms with Crippen LogP contribution in [0.4, 0.5) is 0 Å². The summed E-state index contributed by atoms with van der Waals surface area (Å²) in [5, 5.41) is 4.02. The number of hydrogen-bond donors (Lipinski definition) is 0. The van der Waals surface area contributed by atoms with Gasteiger partial charge in [0.15, 0.2) is 12.6 Å². The van der Waals surface area contributed by atoms with Crippen LogP contribution in [0, 0.1) is 0 Å². The summed E-state index contributed by atoms with van der Waals surface area (Å²) in [6.45, 7) is 4.14. The molecule has 2 heterocycles. The van der Waals surface area contributed by atoms with Crippen LogP contribution in [0.3, 0.4) is 0 Å². The van der Waals surface area contributed by atoms with E-state index in [0.29, 0.717) is 13.2 Å². The van der Waals surface area contributed by atoms with Crippen LogP contribution in [0.5, 0.6) is 0 Å². The van der Waals surface area contributed by atoms with Gasteiger partial charge in [0, 0.05) is 11.5 Å². The molecule has 0 unspecified atom stereocenters. The van der Waals surface area contributed by atoms with E-state index in [0.717, 1.165) is 52.6 Å². The van der Waals surface area contributed by atoms with Crippen molar-refractivity contribution in [3.05, 3.63) is 226 Å². The molecule has 2 aliphatic rings. The van der Waals surface area contributed by atoms with Gasteiger partial charge < -0.3 is 47.4 Å². The zero-order valence-electron chi connectivity index (χ0n) is 43.1. The summed E-state index contributed by atoms with van der Waals surface area (Å²) in [7, 11) is 0. The predicted molar refractivity (Wildman–Crippen MR) is 287 cm³/mol. The van der Waals surface area contributed by atoms with Crippen molar-refractivity contribution in [2.75, 3.05) is 19.8 Å². The van der Waals surface area contributed by atoms with Crippen LogP contribution in [0.15, 0.2) is 187 Å². The SMILES string of the molecule is CCCCCCCCO[C@H]1O[C@H](CO[C@H]2O[C@H](CN=[N+]=[N-])[C@@H](OCc3ccccc3)[C@H](OCc3ccccc3)[C@H]2OCc2ccccc2)[C@@H](OCc2ccccc2)[C@H](OCc2ccccc2)[C@@H]1OCc1ccccc1. The number of rotatable bonds is 31. The number of unbranched alkanes of at least 4 members (excludes halogenated alkanes) is 5. The van der Waals surface area contributed by atoms with E-state index in [1.165, 1.54) is 19.3 Å². The van der Waals surface area contributed by atoms with Crippen molar-refractivity contribution in [2.45, 2.75) is 147 Å². The molecule has 2 saturated heterocycles. The molecule has 13 heteroatoms. The molecule has 0 amide bonds. The Kier molecular flexibility index (Phi) is 23.2. The molecule has 2 aliphatic heterocycles. The molecule has 0 aliphatic carbocycles. The average molecular weight is 1020 g/mol. The largest absolute Gasteiger partial charge is 0.368 e. The molecule has 13 nitrogen and oxygen atoms in total. The van der Waals surface area contributed by atoms with E-state index in [1.54, 1.807) is 0 Å². The molecule has 2 fully saturated rings. The van der Waals surface area contributed by atoms with Gasteiger partial charge in [0.2, 0.25) is 0 Å². The number of azide groups is 1. The second-order valence-corrected chi connectivity index (χ2v) is 19.0. The third-order valence-electron chi connectivity index (χ3n) is 13.4. The normalized spacial score (nSPS) is 23.6. The molecular weight excluding hydrogens is 947 g/mol. The maximum Gasteiger partial charge on any atom is 0.186 e. The standard InChI is InChI=1S/C62H73N3O10/c1-2-3-4-5-6-25-38-66-61-59(71-44-51-34-21-11-22-35-51)58(70-43-50-32-19-10-20-33-50)56(68-41-48-28-15-8-16-29-48)54(75-61)46-73-62-60(72-45-52-36-23-12-24-37-52)57(69-42-49-30-17-9-18-31-49)55(53(74-62)39-64-65-63)67-40-47-26-13-7-14-27-47/h7-24,26-37,53-62H,2-6,25,38-46H2,1H3/t53-,54-,55-,56-,57+,58+,59+,60-,61+,62+/m1/s1. The first-order valence-electron chi connectivity index (χ1n) is 26.6. The fourth-order valence-electron chi connectivity index (χ4n) is 9.43. The third kappa shape index (κ3) is 17.6. The predicted octanol–water partition coefficient (Wildman–Crippen LogP) is 12.7. The second kappa shape index (κ2) is 31.3. The highest BCUT2D eigenvalue weighted by atomic mass is 16.7. The Morgan fingerprint density at radius 1 is 0.373 bits per heavy atom. The molecule has 6 aromatic rings. The fraction of sp³-hybridized carbons (Fsp3) is 0.419. The van der Waals surface area contributed by atoms with E-state index in [4.69, 9.17) is 47.4 Å². The summed E-state index contributed by atoms with van der Waals surface area (Å²) in [5.74, 6) is 0. The van der Waals surface area contributed by atoms with Gasteiger partial charge in [-0.25, -0.2) is 0 Å². The highest BCUT2D eigenvalue weighted by Crippen LogP contribution is 2.35. The van der Waals surface area contributed by atoms with Gasteiger partial charge in [0.05, 0.1) is 58.9 Å². The Bertz CT molecular complexity index is 2500. The Balaban J connectivity index is 1.14. The first-order chi connectivity index (χ1) is 37.1. The molecule has 75 heavy (non-hydrogen) atoms. The van der Waals surface area contributed by atoms with Crippen LogP contribution < -0.4 is 0 Å². The van der Waals surface area contributed by atoms with Gasteiger partial charge in [-0.3, -0.25) is 0 Å². The summed E-state index contributed by atoms with van der Waals surface area (Å²) in [6, 6.07) is 60.0. The molecule has 10 atom stereocenters. The summed E-state index contributed by atoms with van der Waals surface area (Å²) in [5.41, 5.74) is 15.5. The minimum Gasteiger partial charge on any atom is -0.368 e. The number of ether oxygens (including phenoxy) is 10. The van der Waals surface area contributed by atoms with Gasteiger partial charge in [-0.1, -0.05) is 226 Å². The molecule has 0 saturated carbocycles. The lowest BCUT2D eigenvalue weighted by Crippen LogP contribution is -2.64. The van der Waals surface area contributed by atoms with Crippen LogP contribution in [0.25, 0.3) is 10.4 Å². The average Bonchev–Trinajstić information content (AvgIpc) is 3.47. The van der Waals surface area contributed by atoms with E-state index in [9.17, 15) is 5.53 Å². The highest BCUT2D eigenvalue weighted by Gasteiger charge is 2.52. The van der Waals surface area contributed by atoms with Crippen molar-refractivity contribution in [1.82, 2.24) is 0 Å². The zero-order chi connectivity index (χ0) is 51.5. The second-order valence-electron chi connectivity index (χ2n) is 19.0.